The molecule has 0 saturated carbocycles. The number of nitriles is 1. The van der Waals surface area contributed by atoms with Crippen molar-refractivity contribution in [2.75, 3.05) is 0 Å². The number of nitro groups is 1. The molecule has 11 heavy (non-hydrogen) atoms. The summed E-state index contributed by atoms with van der Waals surface area (Å²) in [4.78, 5) is 9.62. The van der Waals surface area contributed by atoms with E-state index in [9.17, 15) is 10.1 Å². The summed E-state index contributed by atoms with van der Waals surface area (Å²) in [6.07, 6.45) is 0. The molecule has 4 heteroatoms. The SMILES string of the molecule is [15N]#Cc1ccc([N+](=O)[O-])cc1. The second-order valence-corrected chi connectivity index (χ2v) is 1.92. The Balaban J connectivity index is 3.03. The van der Waals surface area contributed by atoms with Crippen LogP contribution in [0.5, 0.6) is 0 Å². The number of hydrogen-bond donors (Lipinski definition) is 0. The molecular weight excluding hydrogens is 145 g/mol. The average Bonchev–Trinajstić information content (AvgIpc) is 2.05. The third-order valence-corrected chi connectivity index (χ3v) is 1.21. The number of benzene rings is 1. The van der Waals surface area contributed by atoms with Crippen LogP contribution in [0, 0.1) is 21.4 Å². The number of hydrogen-bond acceptors (Lipinski definition) is 3. The van der Waals surface area contributed by atoms with Crippen molar-refractivity contribution in [1.29, 1.82) is 5.26 Å². The monoisotopic (exact) mass is 149 g/mol. The summed E-state index contributed by atoms with van der Waals surface area (Å²) in [6.45, 7) is 0. The molecule has 0 N–H and O–H groups in total. The van der Waals surface area contributed by atoms with Crippen LogP contribution in [0.2, 0.25) is 0 Å². The molecule has 4 nitrogen and oxygen atoms in total. The van der Waals surface area contributed by atoms with Crippen molar-refractivity contribution in [3.05, 3.63) is 39.9 Å². The van der Waals surface area contributed by atoms with Crippen LogP contribution < -0.4 is 0 Å². The van der Waals surface area contributed by atoms with Crippen LogP contribution in [0.1, 0.15) is 5.56 Å². The van der Waals surface area contributed by atoms with Crippen LogP contribution in [0.4, 0.5) is 5.69 Å². The standard InChI is InChI=1S/C7H4N2O2/c8-5-6-1-3-7(4-2-6)9(10)11/h1-4H/i8+1. The second-order valence-electron chi connectivity index (χ2n) is 1.92. The highest BCUT2D eigenvalue weighted by atomic mass is 16.6. The van der Waals surface area contributed by atoms with Crippen molar-refractivity contribution < 1.29 is 4.92 Å². The van der Waals surface area contributed by atoms with E-state index in [0.29, 0.717) is 5.56 Å². The van der Waals surface area contributed by atoms with Crippen molar-refractivity contribution in [2.24, 2.45) is 0 Å². The molecule has 0 aliphatic heterocycles. The smallest absolute Gasteiger partial charge is 0.258 e. The Labute approximate surface area is 62.8 Å². The molecular formula is C7H4N2O2. The molecule has 0 atom stereocenters. The maximum absolute atomic E-state index is 10.1. The highest BCUT2D eigenvalue weighted by molar-refractivity contribution is 5.38. The molecule has 0 amide bonds. The van der Waals surface area contributed by atoms with Gasteiger partial charge in [-0.25, -0.2) is 0 Å². The van der Waals surface area contributed by atoms with E-state index in [4.69, 9.17) is 5.26 Å². The molecule has 0 aliphatic carbocycles. The van der Waals surface area contributed by atoms with Gasteiger partial charge < -0.3 is 0 Å². The van der Waals surface area contributed by atoms with E-state index in [-0.39, 0.29) is 5.69 Å². The van der Waals surface area contributed by atoms with E-state index in [1.807, 2.05) is 6.07 Å². The minimum atomic E-state index is -0.499. The van der Waals surface area contributed by atoms with Crippen LogP contribution in [0.25, 0.3) is 0 Å². The Hall–Kier alpha value is -1.89. The minimum Gasteiger partial charge on any atom is -0.258 e. The second kappa shape index (κ2) is 2.80. The first-order valence-electron chi connectivity index (χ1n) is 2.88. The van der Waals surface area contributed by atoms with Crippen LogP contribution in [-0.4, -0.2) is 4.92 Å². The summed E-state index contributed by atoms with van der Waals surface area (Å²) in [5, 5.41) is 18.5. The fourth-order valence-electron chi connectivity index (χ4n) is 0.658. The van der Waals surface area contributed by atoms with Crippen LogP contribution in [0.15, 0.2) is 24.3 Å². The van der Waals surface area contributed by atoms with E-state index < -0.39 is 4.92 Å². The van der Waals surface area contributed by atoms with E-state index in [1.54, 1.807) is 0 Å². The molecule has 0 unspecified atom stereocenters. The molecule has 0 spiro atoms. The van der Waals surface area contributed by atoms with Gasteiger partial charge in [0.05, 0.1) is 16.6 Å². The lowest BCUT2D eigenvalue weighted by atomic mass is 10.2. The van der Waals surface area contributed by atoms with Gasteiger partial charge in [0.15, 0.2) is 0 Å². The zero-order chi connectivity index (χ0) is 8.27. The van der Waals surface area contributed by atoms with Gasteiger partial charge in [0.1, 0.15) is 0 Å². The molecule has 0 aromatic heterocycles. The van der Waals surface area contributed by atoms with E-state index in [2.05, 4.69) is 0 Å². The Kier molecular flexibility index (Phi) is 1.83. The van der Waals surface area contributed by atoms with E-state index in [1.165, 1.54) is 24.3 Å². The molecule has 54 valence electrons. The lowest BCUT2D eigenvalue weighted by Gasteiger charge is -1.88. The molecule has 0 saturated heterocycles. The quantitative estimate of drug-likeness (QED) is 0.345. The molecule has 1 aromatic carbocycles. The van der Waals surface area contributed by atoms with E-state index in [0.717, 1.165) is 0 Å². The van der Waals surface area contributed by atoms with Gasteiger partial charge in [0, 0.05) is 12.1 Å². The molecule has 0 fully saturated rings. The third-order valence-electron chi connectivity index (χ3n) is 1.21. The average molecular weight is 149 g/mol. The largest absolute Gasteiger partial charge is 0.269 e. The van der Waals surface area contributed by atoms with Crippen molar-refractivity contribution in [3.8, 4) is 6.07 Å². The molecule has 1 aromatic rings. The van der Waals surface area contributed by atoms with Crippen molar-refractivity contribution in [1.82, 2.24) is 0 Å². The summed E-state index contributed by atoms with van der Waals surface area (Å²) in [5.74, 6) is 0. The van der Waals surface area contributed by atoms with Gasteiger partial charge in [-0.15, -0.1) is 0 Å². The lowest BCUT2D eigenvalue weighted by Crippen LogP contribution is -1.86. The Bertz CT molecular complexity index is 310. The number of nitrogens with zero attached hydrogens (tertiary/aromatic N) is 2. The number of nitro benzene ring substituents is 1. The van der Waals surface area contributed by atoms with Gasteiger partial charge in [0.2, 0.25) is 0 Å². The zero-order valence-electron chi connectivity index (χ0n) is 5.52. The summed E-state index contributed by atoms with van der Waals surface area (Å²) in [7, 11) is 0. The summed E-state index contributed by atoms with van der Waals surface area (Å²) < 4.78 is 0. The number of non-ortho nitro benzene ring substituents is 1. The van der Waals surface area contributed by atoms with Crippen LogP contribution in [0.3, 0.4) is 0 Å². The first-order chi connectivity index (χ1) is 5.24. The topological polar surface area (TPSA) is 66.9 Å². The zero-order valence-corrected chi connectivity index (χ0v) is 5.52. The summed E-state index contributed by atoms with van der Waals surface area (Å²) in [6, 6.07) is 7.31. The molecule has 0 radical (unpaired) electrons. The van der Waals surface area contributed by atoms with Gasteiger partial charge in [-0.3, -0.25) is 10.1 Å². The van der Waals surface area contributed by atoms with Gasteiger partial charge >= 0.3 is 0 Å². The minimum absolute atomic E-state index is 0.00370. The molecule has 0 bridgehead atoms. The van der Waals surface area contributed by atoms with Gasteiger partial charge in [-0.2, -0.15) is 5.26 Å². The van der Waals surface area contributed by atoms with Crippen molar-refractivity contribution >= 4 is 5.69 Å². The van der Waals surface area contributed by atoms with Crippen LogP contribution in [-0.2, 0) is 0 Å². The van der Waals surface area contributed by atoms with Crippen molar-refractivity contribution in [3.63, 3.8) is 0 Å². The predicted molar refractivity (Wildman–Crippen MR) is 37.8 cm³/mol. The summed E-state index contributed by atoms with van der Waals surface area (Å²) >= 11 is 0. The third kappa shape index (κ3) is 1.52. The number of rotatable bonds is 1. The highest BCUT2D eigenvalue weighted by Gasteiger charge is 2.02. The lowest BCUT2D eigenvalue weighted by molar-refractivity contribution is -0.384. The normalized spacial score (nSPS) is 8.64. The fraction of sp³-hybridized carbons (Fsp3) is 0. The summed E-state index contributed by atoms with van der Waals surface area (Å²) in [5.41, 5.74) is 0.430. The van der Waals surface area contributed by atoms with Crippen molar-refractivity contribution in [2.45, 2.75) is 0 Å². The predicted octanol–water partition coefficient (Wildman–Crippen LogP) is 1.47. The molecule has 1 rings (SSSR count). The van der Waals surface area contributed by atoms with E-state index >= 15 is 0 Å². The van der Waals surface area contributed by atoms with Gasteiger partial charge in [0.25, 0.3) is 5.69 Å². The Morgan fingerprint density at radius 1 is 1.36 bits per heavy atom. The molecule has 0 aliphatic rings. The first kappa shape index (κ1) is 7.22. The van der Waals surface area contributed by atoms with Gasteiger partial charge in [-0.1, -0.05) is 0 Å². The molecule has 0 heterocycles. The Morgan fingerprint density at radius 3 is 2.27 bits per heavy atom. The fourth-order valence-corrected chi connectivity index (χ4v) is 0.658. The van der Waals surface area contributed by atoms with Gasteiger partial charge in [-0.05, 0) is 12.1 Å². The maximum Gasteiger partial charge on any atom is 0.269 e. The highest BCUT2D eigenvalue weighted by Crippen LogP contribution is 2.10. The maximum atomic E-state index is 10.1. The Morgan fingerprint density at radius 2 is 1.91 bits per heavy atom. The van der Waals surface area contributed by atoms with Crippen LogP contribution >= 0.6 is 0 Å². The first-order valence-corrected chi connectivity index (χ1v) is 2.88.